The van der Waals surface area contributed by atoms with Crippen LogP contribution in [0.2, 0.25) is 0 Å². The molecule has 0 saturated carbocycles. The summed E-state index contributed by atoms with van der Waals surface area (Å²) in [4.78, 5) is 38.9. The molecule has 0 fully saturated rings. The molecule has 8 nitrogen and oxygen atoms in total. The molecule has 122 valence electrons. The summed E-state index contributed by atoms with van der Waals surface area (Å²) in [5.41, 5.74) is 0.636. The molecule has 0 bridgehead atoms. The second-order valence-corrected chi connectivity index (χ2v) is 6.43. The van der Waals surface area contributed by atoms with E-state index in [1.165, 1.54) is 12.1 Å². The van der Waals surface area contributed by atoms with Gasteiger partial charge in [0.1, 0.15) is 9.75 Å². The van der Waals surface area contributed by atoms with E-state index in [2.05, 4.69) is 4.99 Å². The summed E-state index contributed by atoms with van der Waals surface area (Å²) in [5, 5.41) is 10.5. The van der Waals surface area contributed by atoms with Crippen LogP contribution in [-0.2, 0) is 11.8 Å². The predicted molar refractivity (Wildman–Crippen MR) is 84.9 cm³/mol. The van der Waals surface area contributed by atoms with Crippen molar-refractivity contribution in [2.24, 2.45) is 12.0 Å². The van der Waals surface area contributed by atoms with Crippen molar-refractivity contribution < 1.29 is 19.2 Å². The van der Waals surface area contributed by atoms with Crippen molar-refractivity contribution in [1.29, 1.82) is 0 Å². The average Bonchev–Trinajstić information content (AvgIpc) is 3.08. The number of hydrogen-bond donors (Lipinski definition) is 0. The summed E-state index contributed by atoms with van der Waals surface area (Å²) in [5.74, 6) is -1.05. The predicted octanol–water partition coefficient (Wildman–Crippen LogP) is 2.28. The highest BCUT2D eigenvalue weighted by Gasteiger charge is 2.18. The van der Waals surface area contributed by atoms with Crippen molar-refractivity contribution in [3.63, 3.8) is 0 Å². The molecule has 2 aromatic heterocycles. The van der Waals surface area contributed by atoms with Gasteiger partial charge in [0.05, 0.1) is 11.5 Å². The fourth-order valence-corrected chi connectivity index (χ4v) is 3.41. The molecule has 0 saturated heterocycles. The van der Waals surface area contributed by atoms with Crippen LogP contribution in [0.15, 0.2) is 17.1 Å². The van der Waals surface area contributed by atoms with Gasteiger partial charge in [0.25, 0.3) is 5.91 Å². The van der Waals surface area contributed by atoms with Gasteiger partial charge in [-0.1, -0.05) is 22.7 Å². The fraction of sp³-hybridized carbons (Fsp3) is 0.308. The molecule has 0 aliphatic rings. The summed E-state index contributed by atoms with van der Waals surface area (Å²) in [6.07, 6.45) is 0. The lowest BCUT2D eigenvalue weighted by Gasteiger charge is -2.00. The molecule has 2 heterocycles. The van der Waals surface area contributed by atoms with Gasteiger partial charge in [-0.3, -0.25) is 14.9 Å². The van der Waals surface area contributed by atoms with E-state index in [1.807, 2.05) is 0 Å². The number of rotatable bonds is 4. The largest absolute Gasteiger partial charge is 0.462 e. The smallest absolute Gasteiger partial charge is 0.350 e. The topological polar surface area (TPSA) is 104 Å². The van der Waals surface area contributed by atoms with Crippen LogP contribution in [0.25, 0.3) is 0 Å². The van der Waals surface area contributed by atoms with Crippen molar-refractivity contribution in [3.05, 3.63) is 42.5 Å². The van der Waals surface area contributed by atoms with Gasteiger partial charge in [-0.15, -0.1) is 0 Å². The van der Waals surface area contributed by atoms with Crippen molar-refractivity contribution in [3.8, 4) is 0 Å². The van der Waals surface area contributed by atoms with E-state index in [1.54, 1.807) is 25.5 Å². The van der Waals surface area contributed by atoms with E-state index in [0.717, 1.165) is 22.7 Å². The highest BCUT2D eigenvalue weighted by atomic mass is 32.1. The van der Waals surface area contributed by atoms with Gasteiger partial charge in [0.15, 0.2) is 4.80 Å². The first kappa shape index (κ1) is 17.0. The van der Waals surface area contributed by atoms with Crippen molar-refractivity contribution in [2.75, 3.05) is 6.61 Å². The van der Waals surface area contributed by atoms with Gasteiger partial charge in [0.2, 0.25) is 0 Å². The molecule has 2 aromatic rings. The molecule has 0 aliphatic heterocycles. The van der Waals surface area contributed by atoms with Crippen LogP contribution in [0.4, 0.5) is 5.00 Å². The Bertz CT molecular complexity index is 846. The number of amides is 1. The van der Waals surface area contributed by atoms with Gasteiger partial charge in [-0.05, 0) is 19.9 Å². The summed E-state index contributed by atoms with van der Waals surface area (Å²) >= 11 is 1.80. The van der Waals surface area contributed by atoms with Crippen LogP contribution in [0, 0.1) is 17.0 Å². The Morgan fingerprint density at radius 3 is 2.65 bits per heavy atom. The molecule has 2 rings (SSSR count). The Morgan fingerprint density at radius 2 is 2.09 bits per heavy atom. The summed E-state index contributed by atoms with van der Waals surface area (Å²) < 4.78 is 6.56. The van der Waals surface area contributed by atoms with Crippen LogP contribution >= 0.6 is 22.7 Å². The Morgan fingerprint density at radius 1 is 1.39 bits per heavy atom. The lowest BCUT2D eigenvalue weighted by atomic mass is 10.4. The van der Waals surface area contributed by atoms with E-state index in [0.29, 0.717) is 15.4 Å². The van der Waals surface area contributed by atoms with Crippen molar-refractivity contribution >= 4 is 39.6 Å². The number of hydrogen-bond acceptors (Lipinski definition) is 7. The normalized spacial score (nSPS) is 11.5. The first-order valence-corrected chi connectivity index (χ1v) is 8.15. The molecule has 0 spiro atoms. The average molecular weight is 355 g/mol. The highest BCUT2D eigenvalue weighted by Crippen LogP contribution is 2.24. The van der Waals surface area contributed by atoms with Gasteiger partial charge < -0.3 is 9.30 Å². The minimum atomic E-state index is -0.588. The van der Waals surface area contributed by atoms with E-state index >= 15 is 0 Å². The number of carbonyl (C=O) groups excluding carboxylic acids is 2. The maximum Gasteiger partial charge on any atom is 0.350 e. The minimum Gasteiger partial charge on any atom is -0.462 e. The minimum absolute atomic E-state index is 0.123. The number of aromatic nitrogens is 1. The molecule has 0 aliphatic carbocycles. The first-order valence-electron chi connectivity index (χ1n) is 6.52. The molecule has 0 atom stereocenters. The SMILES string of the molecule is CCOC(=O)c1sc(=NC(=O)c2ccc([N+](=O)[O-])s2)n(C)c1C. The Balaban J connectivity index is 2.38. The van der Waals surface area contributed by atoms with Crippen LogP contribution in [0.1, 0.15) is 32.0 Å². The van der Waals surface area contributed by atoms with Crippen LogP contribution < -0.4 is 4.80 Å². The van der Waals surface area contributed by atoms with Crippen LogP contribution in [0.3, 0.4) is 0 Å². The number of nitro groups is 1. The van der Waals surface area contributed by atoms with Gasteiger partial charge >= 0.3 is 11.0 Å². The molecule has 23 heavy (non-hydrogen) atoms. The number of nitrogens with zero attached hydrogens (tertiary/aromatic N) is 3. The molecular weight excluding hydrogens is 342 g/mol. The molecule has 1 amide bonds. The van der Waals surface area contributed by atoms with Crippen LogP contribution in [0.5, 0.6) is 0 Å². The lowest BCUT2D eigenvalue weighted by molar-refractivity contribution is -0.380. The quantitative estimate of drug-likeness (QED) is 0.475. The zero-order chi connectivity index (χ0) is 17.1. The number of esters is 1. The third-order valence-corrected chi connectivity index (χ3v) is 5.19. The first-order chi connectivity index (χ1) is 10.8. The zero-order valence-electron chi connectivity index (χ0n) is 12.6. The van der Waals surface area contributed by atoms with E-state index < -0.39 is 16.8 Å². The summed E-state index contributed by atoms with van der Waals surface area (Å²) in [6, 6.07) is 2.62. The second-order valence-electron chi connectivity index (χ2n) is 4.39. The van der Waals surface area contributed by atoms with E-state index in [9.17, 15) is 19.7 Å². The number of thiophene rings is 1. The molecule has 0 N–H and O–H groups in total. The van der Waals surface area contributed by atoms with Crippen molar-refractivity contribution in [2.45, 2.75) is 13.8 Å². The third-order valence-electron chi connectivity index (χ3n) is 2.95. The molecule has 0 aromatic carbocycles. The third kappa shape index (κ3) is 3.54. The number of thiazole rings is 1. The molecule has 0 unspecified atom stereocenters. The second kappa shape index (κ2) is 6.84. The van der Waals surface area contributed by atoms with Gasteiger partial charge in [0, 0.05) is 18.8 Å². The lowest BCUT2D eigenvalue weighted by Crippen LogP contribution is -2.14. The Labute approximate surface area is 138 Å². The zero-order valence-corrected chi connectivity index (χ0v) is 14.2. The maximum atomic E-state index is 12.1. The molecule has 0 radical (unpaired) electrons. The number of ether oxygens (including phenoxy) is 1. The standard InChI is InChI=1S/C13H13N3O5S2/c1-4-21-12(18)10-7(2)15(3)13(23-10)14-11(17)8-5-6-9(22-8)16(19)20/h5-6H,4H2,1-3H3. The summed E-state index contributed by atoms with van der Waals surface area (Å²) in [7, 11) is 1.68. The molecular formula is C13H13N3O5S2. The van der Waals surface area contributed by atoms with E-state index in [4.69, 9.17) is 4.74 Å². The summed E-state index contributed by atoms with van der Waals surface area (Å²) in [6.45, 7) is 3.69. The molecule has 10 heteroatoms. The van der Waals surface area contributed by atoms with Gasteiger partial charge in [-0.2, -0.15) is 4.99 Å². The Kier molecular flexibility index (Phi) is 5.06. The highest BCUT2D eigenvalue weighted by molar-refractivity contribution is 7.17. The van der Waals surface area contributed by atoms with Gasteiger partial charge in [-0.25, -0.2) is 4.79 Å². The van der Waals surface area contributed by atoms with E-state index in [-0.39, 0.29) is 16.5 Å². The fourth-order valence-electron chi connectivity index (χ4n) is 1.70. The Hall–Kier alpha value is -2.33. The monoisotopic (exact) mass is 355 g/mol. The number of carbonyl (C=O) groups is 2. The van der Waals surface area contributed by atoms with Crippen LogP contribution in [-0.4, -0.2) is 28.0 Å². The maximum absolute atomic E-state index is 12.1. The van der Waals surface area contributed by atoms with Crippen molar-refractivity contribution in [1.82, 2.24) is 4.57 Å².